The van der Waals surface area contributed by atoms with Crippen molar-refractivity contribution in [2.45, 2.75) is 32.2 Å². The van der Waals surface area contributed by atoms with Crippen LogP contribution < -0.4 is 11.3 Å². The summed E-state index contributed by atoms with van der Waals surface area (Å²) in [7, 11) is 0. The van der Waals surface area contributed by atoms with Gasteiger partial charge in [-0.05, 0) is 43.2 Å². The Morgan fingerprint density at radius 1 is 1.43 bits per heavy atom. The molecule has 2 nitrogen and oxygen atoms in total. The molecule has 1 aliphatic carbocycles. The summed E-state index contributed by atoms with van der Waals surface area (Å²) in [6.07, 6.45) is 3.73. The molecule has 0 aliphatic heterocycles. The average Bonchev–Trinajstić information content (AvgIpc) is 3.00. The molecule has 1 aromatic carbocycles. The summed E-state index contributed by atoms with van der Waals surface area (Å²) in [6.45, 7) is 2.16. The van der Waals surface area contributed by atoms with E-state index in [9.17, 15) is 0 Å². The predicted octanol–water partition coefficient (Wildman–Crippen LogP) is 1.78. The van der Waals surface area contributed by atoms with Gasteiger partial charge in [0.25, 0.3) is 0 Å². The van der Waals surface area contributed by atoms with E-state index in [-0.39, 0.29) is 0 Å². The van der Waals surface area contributed by atoms with Crippen LogP contribution in [-0.4, -0.2) is 6.04 Å². The molecule has 0 saturated heterocycles. The Labute approximate surface area is 85.5 Å². The number of hydrazine groups is 1. The summed E-state index contributed by atoms with van der Waals surface area (Å²) >= 11 is 0. The van der Waals surface area contributed by atoms with Crippen LogP contribution in [-0.2, 0) is 6.42 Å². The third-order valence-electron chi connectivity index (χ3n) is 3.11. The van der Waals surface area contributed by atoms with Gasteiger partial charge in [-0.3, -0.25) is 11.3 Å². The fourth-order valence-electron chi connectivity index (χ4n) is 1.94. The fraction of sp³-hybridized carbons (Fsp3) is 0.500. The zero-order valence-corrected chi connectivity index (χ0v) is 8.66. The number of hydrogen-bond donors (Lipinski definition) is 2. The highest BCUT2D eigenvalue weighted by atomic mass is 15.2. The van der Waals surface area contributed by atoms with Crippen molar-refractivity contribution in [2.75, 3.05) is 0 Å². The van der Waals surface area contributed by atoms with Gasteiger partial charge in [0.05, 0.1) is 0 Å². The predicted molar refractivity (Wildman–Crippen MR) is 58.7 cm³/mol. The molecule has 0 amide bonds. The van der Waals surface area contributed by atoms with Gasteiger partial charge >= 0.3 is 0 Å². The molecule has 1 aliphatic rings. The standard InChI is InChI=1S/C12H18N2/c1-9-4-2-3-5-11(9)8-12(14-13)10-6-7-10/h2-5,10,12,14H,6-8,13H2,1H3. The van der Waals surface area contributed by atoms with E-state index in [2.05, 4.69) is 36.6 Å². The number of aryl methyl sites for hydroxylation is 1. The molecule has 0 heterocycles. The first-order valence-electron chi connectivity index (χ1n) is 5.32. The second-order valence-corrected chi connectivity index (χ2v) is 4.24. The maximum atomic E-state index is 5.56. The minimum absolute atomic E-state index is 0.469. The molecule has 2 rings (SSSR count). The lowest BCUT2D eigenvalue weighted by atomic mass is 9.99. The van der Waals surface area contributed by atoms with Crippen LogP contribution in [0.1, 0.15) is 24.0 Å². The lowest BCUT2D eigenvalue weighted by Gasteiger charge is -2.16. The number of hydrogen-bond acceptors (Lipinski definition) is 2. The van der Waals surface area contributed by atoms with Gasteiger partial charge in [-0.25, -0.2) is 0 Å². The molecule has 2 heteroatoms. The molecule has 1 fully saturated rings. The lowest BCUT2D eigenvalue weighted by molar-refractivity contribution is 0.472. The average molecular weight is 190 g/mol. The number of rotatable bonds is 4. The molecule has 14 heavy (non-hydrogen) atoms. The van der Waals surface area contributed by atoms with Crippen LogP contribution in [0.15, 0.2) is 24.3 Å². The smallest absolute Gasteiger partial charge is 0.0279 e. The van der Waals surface area contributed by atoms with E-state index in [1.807, 2.05) is 0 Å². The zero-order chi connectivity index (χ0) is 9.97. The quantitative estimate of drug-likeness (QED) is 0.561. The van der Waals surface area contributed by atoms with E-state index in [0.717, 1.165) is 12.3 Å². The van der Waals surface area contributed by atoms with Crippen molar-refractivity contribution in [3.63, 3.8) is 0 Å². The van der Waals surface area contributed by atoms with E-state index >= 15 is 0 Å². The second kappa shape index (κ2) is 4.11. The molecule has 1 aromatic rings. The van der Waals surface area contributed by atoms with Crippen LogP contribution in [0.5, 0.6) is 0 Å². The highest BCUT2D eigenvalue weighted by Crippen LogP contribution is 2.33. The molecule has 1 saturated carbocycles. The molecule has 1 atom stereocenters. The Hall–Kier alpha value is -0.860. The third kappa shape index (κ3) is 2.14. The normalized spacial score (nSPS) is 18.1. The van der Waals surface area contributed by atoms with Gasteiger partial charge < -0.3 is 0 Å². The van der Waals surface area contributed by atoms with Gasteiger partial charge in [0.15, 0.2) is 0 Å². The van der Waals surface area contributed by atoms with Crippen molar-refractivity contribution in [3.05, 3.63) is 35.4 Å². The minimum Gasteiger partial charge on any atom is -0.271 e. The van der Waals surface area contributed by atoms with Crippen molar-refractivity contribution in [3.8, 4) is 0 Å². The maximum absolute atomic E-state index is 5.56. The van der Waals surface area contributed by atoms with Crippen LogP contribution in [0.2, 0.25) is 0 Å². The van der Waals surface area contributed by atoms with Gasteiger partial charge in [-0.2, -0.15) is 0 Å². The van der Waals surface area contributed by atoms with Crippen molar-refractivity contribution >= 4 is 0 Å². The number of nitrogens with two attached hydrogens (primary N) is 1. The monoisotopic (exact) mass is 190 g/mol. The van der Waals surface area contributed by atoms with Gasteiger partial charge in [0.2, 0.25) is 0 Å². The highest BCUT2D eigenvalue weighted by Gasteiger charge is 2.30. The van der Waals surface area contributed by atoms with E-state index in [1.54, 1.807) is 0 Å². The topological polar surface area (TPSA) is 38.0 Å². The summed E-state index contributed by atoms with van der Waals surface area (Å²) in [5.41, 5.74) is 5.73. The van der Waals surface area contributed by atoms with Gasteiger partial charge in [0, 0.05) is 6.04 Å². The first-order valence-corrected chi connectivity index (χ1v) is 5.32. The molecule has 76 valence electrons. The van der Waals surface area contributed by atoms with Crippen LogP contribution in [0.25, 0.3) is 0 Å². The Kier molecular flexibility index (Phi) is 2.85. The molecular formula is C12H18N2. The zero-order valence-electron chi connectivity index (χ0n) is 8.66. The van der Waals surface area contributed by atoms with E-state index < -0.39 is 0 Å². The molecule has 0 bridgehead atoms. The van der Waals surface area contributed by atoms with Crippen molar-refractivity contribution < 1.29 is 0 Å². The van der Waals surface area contributed by atoms with Gasteiger partial charge in [-0.1, -0.05) is 24.3 Å². The third-order valence-corrected chi connectivity index (χ3v) is 3.11. The van der Waals surface area contributed by atoms with E-state index in [1.165, 1.54) is 24.0 Å². The van der Waals surface area contributed by atoms with Crippen LogP contribution in [0.4, 0.5) is 0 Å². The summed E-state index contributed by atoms with van der Waals surface area (Å²) < 4.78 is 0. The Balaban J connectivity index is 2.04. The largest absolute Gasteiger partial charge is 0.271 e. The summed E-state index contributed by atoms with van der Waals surface area (Å²) in [4.78, 5) is 0. The maximum Gasteiger partial charge on any atom is 0.0279 e. The number of benzene rings is 1. The number of nitrogens with one attached hydrogen (secondary N) is 1. The Morgan fingerprint density at radius 2 is 2.14 bits per heavy atom. The minimum atomic E-state index is 0.469. The highest BCUT2D eigenvalue weighted by molar-refractivity contribution is 5.26. The first-order chi connectivity index (χ1) is 6.81. The SMILES string of the molecule is Cc1ccccc1CC(NN)C1CC1. The van der Waals surface area contributed by atoms with Crippen LogP contribution in [0.3, 0.4) is 0 Å². The second-order valence-electron chi connectivity index (χ2n) is 4.24. The first kappa shape index (κ1) is 9.69. The lowest BCUT2D eigenvalue weighted by Crippen LogP contribution is -2.38. The molecular weight excluding hydrogens is 172 g/mol. The summed E-state index contributed by atoms with van der Waals surface area (Å²) in [5, 5.41) is 0. The molecule has 0 spiro atoms. The van der Waals surface area contributed by atoms with Crippen LogP contribution >= 0.6 is 0 Å². The van der Waals surface area contributed by atoms with Crippen molar-refractivity contribution in [1.82, 2.24) is 5.43 Å². The van der Waals surface area contributed by atoms with Gasteiger partial charge in [-0.15, -0.1) is 0 Å². The van der Waals surface area contributed by atoms with Gasteiger partial charge in [0.1, 0.15) is 0 Å². The molecule has 0 aromatic heterocycles. The van der Waals surface area contributed by atoms with Crippen LogP contribution in [0, 0.1) is 12.8 Å². The summed E-state index contributed by atoms with van der Waals surface area (Å²) in [5.74, 6) is 6.37. The van der Waals surface area contributed by atoms with E-state index in [0.29, 0.717) is 6.04 Å². The summed E-state index contributed by atoms with van der Waals surface area (Å²) in [6, 6.07) is 9.01. The van der Waals surface area contributed by atoms with E-state index in [4.69, 9.17) is 5.84 Å². The Bertz CT molecular complexity index is 305. The Morgan fingerprint density at radius 3 is 2.71 bits per heavy atom. The fourth-order valence-corrected chi connectivity index (χ4v) is 1.94. The van der Waals surface area contributed by atoms with Crippen molar-refractivity contribution in [2.24, 2.45) is 11.8 Å². The molecule has 1 unspecified atom stereocenters. The van der Waals surface area contributed by atoms with Crippen molar-refractivity contribution in [1.29, 1.82) is 0 Å². The molecule has 0 radical (unpaired) electrons. The molecule has 3 N–H and O–H groups in total.